The fraction of sp³-hybridized carbons (Fsp3) is 0.857. The molecule has 0 saturated carbocycles. The first-order valence-electron chi connectivity index (χ1n) is 3.92. The number of rotatable bonds is 2. The summed E-state index contributed by atoms with van der Waals surface area (Å²) in [5, 5.41) is 0. The van der Waals surface area contributed by atoms with Crippen LogP contribution in [0.2, 0.25) is 0 Å². The number of nitrogens with zero attached hydrogens (tertiary/aromatic N) is 2. The Morgan fingerprint density at radius 2 is 1.20 bits per heavy atom. The molecule has 0 aliphatic rings. The van der Waals surface area contributed by atoms with Crippen molar-refractivity contribution in [1.82, 2.24) is 9.80 Å². The zero-order valence-corrected chi connectivity index (χ0v) is 10.7. The van der Waals surface area contributed by atoms with Crippen molar-refractivity contribution in [3.05, 3.63) is 0 Å². The van der Waals surface area contributed by atoms with Gasteiger partial charge in [-0.3, -0.25) is 8.37 Å². The van der Waals surface area contributed by atoms with Crippen LogP contribution in [-0.4, -0.2) is 66.7 Å². The number of carbonyl (C=O) groups is 1. The minimum Gasteiger partial charge on any atom is -0.331 e. The molecule has 0 fully saturated rings. The molecule has 0 unspecified atom stereocenters. The van der Waals surface area contributed by atoms with Gasteiger partial charge in [-0.25, -0.2) is 4.79 Å². The van der Waals surface area contributed by atoms with E-state index in [1.807, 2.05) is 0 Å². The molecule has 2 amide bonds. The SMILES string of the molecule is CN(C)C(=O)N(C)C.COS(=O)(=O)OC. The molecule has 8 heteroatoms. The van der Waals surface area contributed by atoms with Gasteiger partial charge >= 0.3 is 16.4 Å². The van der Waals surface area contributed by atoms with Gasteiger partial charge in [-0.1, -0.05) is 0 Å². The standard InChI is InChI=1S/C5H12N2O.C2H6O4S/c1-6(2)5(8)7(3)4;1-5-7(3,4)6-2/h1-4H3;1-2H3. The first-order valence-corrected chi connectivity index (χ1v) is 5.26. The van der Waals surface area contributed by atoms with Crippen LogP contribution in [0.5, 0.6) is 0 Å². The molecule has 0 rings (SSSR count). The Morgan fingerprint density at radius 1 is 0.933 bits per heavy atom. The van der Waals surface area contributed by atoms with Gasteiger partial charge in [0.15, 0.2) is 0 Å². The third kappa shape index (κ3) is 9.44. The van der Waals surface area contributed by atoms with Crippen molar-refractivity contribution in [3.8, 4) is 0 Å². The Bertz CT molecular complexity index is 253. The lowest BCUT2D eigenvalue weighted by Crippen LogP contribution is -2.33. The third-order valence-electron chi connectivity index (χ3n) is 1.17. The van der Waals surface area contributed by atoms with Gasteiger partial charge in [0.2, 0.25) is 0 Å². The monoisotopic (exact) mass is 242 g/mol. The van der Waals surface area contributed by atoms with Crippen molar-refractivity contribution >= 4 is 16.4 Å². The predicted octanol–water partition coefficient (Wildman–Crippen LogP) is -0.246. The molecule has 0 bridgehead atoms. The summed E-state index contributed by atoms with van der Waals surface area (Å²) in [5.41, 5.74) is 0. The summed E-state index contributed by atoms with van der Waals surface area (Å²) in [6.07, 6.45) is 0. The summed E-state index contributed by atoms with van der Waals surface area (Å²) in [6, 6.07) is 0.0185. The molecular formula is C7H18N2O5S. The van der Waals surface area contributed by atoms with Gasteiger partial charge in [-0.2, -0.15) is 8.42 Å². The van der Waals surface area contributed by atoms with E-state index in [1.165, 1.54) is 9.80 Å². The first kappa shape index (κ1) is 16.6. The highest BCUT2D eigenvalue weighted by atomic mass is 32.3. The van der Waals surface area contributed by atoms with Crippen LogP contribution < -0.4 is 0 Å². The second kappa shape index (κ2) is 7.43. The summed E-state index contributed by atoms with van der Waals surface area (Å²) >= 11 is 0. The Kier molecular flexibility index (Phi) is 8.21. The van der Waals surface area contributed by atoms with Crippen LogP contribution in [0, 0.1) is 0 Å². The van der Waals surface area contributed by atoms with Gasteiger partial charge in [0.05, 0.1) is 14.2 Å². The van der Waals surface area contributed by atoms with Crippen LogP contribution in [-0.2, 0) is 18.8 Å². The van der Waals surface area contributed by atoms with Crippen molar-refractivity contribution in [2.45, 2.75) is 0 Å². The molecule has 0 heterocycles. The van der Waals surface area contributed by atoms with E-state index in [-0.39, 0.29) is 6.03 Å². The lowest BCUT2D eigenvalue weighted by atomic mass is 10.7. The van der Waals surface area contributed by atoms with Gasteiger partial charge in [-0.05, 0) is 0 Å². The van der Waals surface area contributed by atoms with E-state index in [0.717, 1.165) is 14.2 Å². The van der Waals surface area contributed by atoms with Crippen LogP contribution >= 0.6 is 0 Å². The second-order valence-corrected chi connectivity index (χ2v) is 4.30. The van der Waals surface area contributed by atoms with Gasteiger partial charge < -0.3 is 9.80 Å². The molecule has 0 atom stereocenters. The molecule has 0 aliphatic heterocycles. The molecule has 0 aromatic rings. The van der Waals surface area contributed by atoms with Crippen molar-refractivity contribution in [1.29, 1.82) is 0 Å². The lowest BCUT2D eigenvalue weighted by molar-refractivity contribution is 0.191. The lowest BCUT2D eigenvalue weighted by Gasteiger charge is -2.16. The minimum atomic E-state index is -3.66. The van der Waals surface area contributed by atoms with Crippen molar-refractivity contribution < 1.29 is 21.6 Å². The van der Waals surface area contributed by atoms with Crippen molar-refractivity contribution in [3.63, 3.8) is 0 Å². The predicted molar refractivity (Wildman–Crippen MR) is 55.7 cm³/mol. The topological polar surface area (TPSA) is 76.2 Å². The fourth-order valence-corrected chi connectivity index (χ4v) is 0.604. The van der Waals surface area contributed by atoms with E-state index in [1.54, 1.807) is 28.2 Å². The number of amides is 2. The third-order valence-corrected chi connectivity index (χ3v) is 1.99. The van der Waals surface area contributed by atoms with E-state index in [2.05, 4.69) is 8.37 Å². The van der Waals surface area contributed by atoms with Crippen molar-refractivity contribution in [2.24, 2.45) is 0 Å². The van der Waals surface area contributed by atoms with Crippen LogP contribution in [0.3, 0.4) is 0 Å². The summed E-state index contributed by atoms with van der Waals surface area (Å²) in [5.74, 6) is 0. The zero-order valence-electron chi connectivity index (χ0n) is 9.84. The maximum atomic E-state index is 10.7. The number of hydrogen-bond donors (Lipinski definition) is 0. The largest absolute Gasteiger partial charge is 0.399 e. The van der Waals surface area contributed by atoms with E-state index in [4.69, 9.17) is 0 Å². The molecule has 0 aromatic carbocycles. The molecule has 0 spiro atoms. The Labute approximate surface area is 90.9 Å². The smallest absolute Gasteiger partial charge is 0.331 e. The molecule has 15 heavy (non-hydrogen) atoms. The Morgan fingerprint density at radius 3 is 1.20 bits per heavy atom. The molecular weight excluding hydrogens is 224 g/mol. The Balaban J connectivity index is 0. The van der Waals surface area contributed by atoms with Crippen LogP contribution in [0.25, 0.3) is 0 Å². The molecule has 0 radical (unpaired) electrons. The second-order valence-electron chi connectivity index (χ2n) is 2.81. The molecule has 0 saturated heterocycles. The quantitative estimate of drug-likeness (QED) is 0.667. The highest BCUT2D eigenvalue weighted by molar-refractivity contribution is 7.81. The van der Waals surface area contributed by atoms with E-state index in [9.17, 15) is 13.2 Å². The van der Waals surface area contributed by atoms with Crippen molar-refractivity contribution in [2.75, 3.05) is 42.4 Å². The zero-order chi connectivity index (χ0) is 12.6. The summed E-state index contributed by atoms with van der Waals surface area (Å²) in [4.78, 5) is 13.8. The van der Waals surface area contributed by atoms with Gasteiger partial charge in [0.1, 0.15) is 0 Å². The van der Waals surface area contributed by atoms with Gasteiger partial charge in [0, 0.05) is 28.2 Å². The average molecular weight is 242 g/mol. The van der Waals surface area contributed by atoms with E-state index >= 15 is 0 Å². The molecule has 7 nitrogen and oxygen atoms in total. The number of urea groups is 1. The van der Waals surface area contributed by atoms with Crippen LogP contribution in [0.1, 0.15) is 0 Å². The molecule has 0 aromatic heterocycles. The van der Waals surface area contributed by atoms with Gasteiger partial charge in [-0.15, -0.1) is 0 Å². The summed E-state index contributed by atoms with van der Waals surface area (Å²) < 4.78 is 27.5. The molecule has 0 aliphatic carbocycles. The molecule has 92 valence electrons. The average Bonchev–Trinajstić information content (AvgIpc) is 2.17. The van der Waals surface area contributed by atoms with E-state index in [0.29, 0.717) is 0 Å². The minimum absolute atomic E-state index is 0.0185. The highest BCUT2D eigenvalue weighted by Crippen LogP contribution is 1.86. The maximum Gasteiger partial charge on any atom is 0.399 e. The number of carbonyl (C=O) groups excluding carboxylic acids is 1. The summed E-state index contributed by atoms with van der Waals surface area (Å²) in [6.45, 7) is 0. The highest BCUT2D eigenvalue weighted by Gasteiger charge is 2.02. The van der Waals surface area contributed by atoms with E-state index < -0.39 is 10.4 Å². The number of hydrogen-bond acceptors (Lipinski definition) is 5. The molecule has 0 N–H and O–H groups in total. The van der Waals surface area contributed by atoms with Crippen LogP contribution in [0.4, 0.5) is 4.79 Å². The van der Waals surface area contributed by atoms with Gasteiger partial charge in [0.25, 0.3) is 0 Å². The Hall–Kier alpha value is -0.860. The normalized spacial score (nSPS) is 10.0. The fourth-order valence-electron chi connectivity index (χ4n) is 0.468. The summed E-state index contributed by atoms with van der Waals surface area (Å²) in [7, 11) is 5.29. The van der Waals surface area contributed by atoms with Crippen LogP contribution in [0.15, 0.2) is 0 Å². The first-order chi connectivity index (χ1) is 6.67. The maximum absolute atomic E-state index is 10.7.